The SMILES string of the molecule is CC(C)(C)OC(=O)N[C@@H](C(=O)N[C@@H]1C(=O)N(C(CC#Cc2ccccc2)([Se]c2ccccc2)C(=O)OC(C)(C)C)[C@@H]1N=[N+]=[N-])c1ccccc1. The van der Waals surface area contributed by atoms with Gasteiger partial charge in [-0.05, 0) is 0 Å². The number of nitrogens with zero attached hydrogens (tertiary/aromatic N) is 4. The van der Waals surface area contributed by atoms with Crippen LogP contribution in [0.3, 0.4) is 0 Å². The maximum atomic E-state index is 14.4. The van der Waals surface area contributed by atoms with E-state index >= 15 is 0 Å². The van der Waals surface area contributed by atoms with E-state index in [4.69, 9.17) is 9.47 Å². The molecule has 12 nitrogen and oxygen atoms in total. The summed E-state index contributed by atoms with van der Waals surface area (Å²) in [4.78, 5) is 59.4. The van der Waals surface area contributed by atoms with Crippen molar-refractivity contribution in [2.75, 3.05) is 0 Å². The molecule has 1 aliphatic rings. The molecule has 0 saturated carbocycles. The summed E-state index contributed by atoms with van der Waals surface area (Å²) in [7, 11) is 0. The molecule has 1 unspecified atom stereocenters. The normalized spacial score (nSPS) is 17.3. The zero-order chi connectivity index (χ0) is 36.5. The zero-order valence-electron chi connectivity index (χ0n) is 28.7. The summed E-state index contributed by atoms with van der Waals surface area (Å²) in [5.74, 6) is 4.00. The van der Waals surface area contributed by atoms with Gasteiger partial charge in [0.25, 0.3) is 0 Å². The average Bonchev–Trinajstić information content (AvgIpc) is 3.05. The summed E-state index contributed by atoms with van der Waals surface area (Å²) in [5, 5.41) is 9.14. The molecule has 1 saturated heterocycles. The van der Waals surface area contributed by atoms with E-state index < -0.39 is 72.7 Å². The van der Waals surface area contributed by atoms with Crippen molar-refractivity contribution >= 4 is 43.3 Å². The Hall–Kier alpha value is -5.27. The predicted octanol–water partition coefficient (Wildman–Crippen LogP) is 4.73. The standard InChI is InChI=1S/C37H40N6O6Se/c1-35(2,3)48-33(46)37(50-27-22-14-9-15-23-27,24-16-19-25-17-10-7-11-18-25)43-30(41-42-38)29(32(43)45)39-31(44)28(26-20-12-8-13-21-26)40-34(47)49-36(4,5)6/h7-15,17-18,20-23,28-30H,24H2,1-6H3,(H,39,44)(H,40,47)/t28-,29+,30+,37?/m1/s1. The van der Waals surface area contributed by atoms with Crippen LogP contribution in [-0.4, -0.2) is 71.6 Å². The van der Waals surface area contributed by atoms with Crippen molar-refractivity contribution in [3.63, 3.8) is 0 Å². The molecule has 13 heteroatoms. The second-order valence-electron chi connectivity index (χ2n) is 13.3. The second-order valence-corrected chi connectivity index (χ2v) is 16.2. The van der Waals surface area contributed by atoms with Crippen LogP contribution < -0.4 is 15.1 Å². The number of amides is 3. The number of esters is 1. The van der Waals surface area contributed by atoms with Gasteiger partial charge in [-0.3, -0.25) is 0 Å². The van der Waals surface area contributed by atoms with Gasteiger partial charge in [0.05, 0.1) is 0 Å². The van der Waals surface area contributed by atoms with Crippen LogP contribution in [0.1, 0.15) is 65.1 Å². The monoisotopic (exact) mass is 744 g/mol. The van der Waals surface area contributed by atoms with Crippen molar-refractivity contribution in [1.29, 1.82) is 0 Å². The first-order chi connectivity index (χ1) is 23.6. The number of likely N-dealkylation sites (tertiary alicyclic amines) is 1. The molecule has 3 aromatic rings. The Morgan fingerprint density at radius 2 is 1.46 bits per heavy atom. The van der Waals surface area contributed by atoms with Gasteiger partial charge >= 0.3 is 299 Å². The minimum absolute atomic E-state index is 0.150. The predicted molar refractivity (Wildman–Crippen MR) is 189 cm³/mol. The van der Waals surface area contributed by atoms with Crippen LogP contribution in [0, 0.1) is 11.8 Å². The van der Waals surface area contributed by atoms with E-state index in [0.717, 1.165) is 4.46 Å². The first kappa shape index (κ1) is 37.5. The van der Waals surface area contributed by atoms with Crippen LogP contribution in [-0.2, 0) is 23.9 Å². The maximum absolute atomic E-state index is 14.4. The summed E-state index contributed by atoms with van der Waals surface area (Å²) in [6, 6.07) is 24.1. The fraction of sp³-hybridized carbons (Fsp3) is 0.351. The minimum atomic E-state index is -1.70. The number of carbonyl (C=O) groups excluding carboxylic acids is 4. The van der Waals surface area contributed by atoms with E-state index in [1.807, 2.05) is 60.7 Å². The Morgan fingerprint density at radius 1 is 0.900 bits per heavy atom. The fourth-order valence-corrected chi connectivity index (χ4v) is 7.61. The van der Waals surface area contributed by atoms with E-state index in [0.29, 0.717) is 11.1 Å². The van der Waals surface area contributed by atoms with Gasteiger partial charge in [0.1, 0.15) is 0 Å². The van der Waals surface area contributed by atoms with Crippen LogP contribution in [0.4, 0.5) is 4.79 Å². The van der Waals surface area contributed by atoms with Crippen molar-refractivity contribution in [3.05, 3.63) is 113 Å². The average molecular weight is 744 g/mol. The van der Waals surface area contributed by atoms with Crippen molar-refractivity contribution in [1.82, 2.24) is 15.5 Å². The first-order valence-corrected chi connectivity index (χ1v) is 17.6. The molecular weight excluding hydrogens is 703 g/mol. The molecule has 4 rings (SSSR count). The van der Waals surface area contributed by atoms with Crippen molar-refractivity contribution in [2.45, 2.75) is 81.9 Å². The number of benzene rings is 3. The van der Waals surface area contributed by atoms with Crippen LogP contribution in [0.2, 0.25) is 0 Å². The molecule has 0 radical (unpaired) electrons. The van der Waals surface area contributed by atoms with Crippen LogP contribution in [0.5, 0.6) is 0 Å². The van der Waals surface area contributed by atoms with E-state index in [1.54, 1.807) is 71.9 Å². The molecular formula is C37H40N6O6Se. The van der Waals surface area contributed by atoms with Gasteiger partial charge in [0, 0.05) is 0 Å². The Labute approximate surface area is 298 Å². The molecule has 0 bridgehead atoms. The van der Waals surface area contributed by atoms with Gasteiger partial charge in [-0.25, -0.2) is 0 Å². The Balaban J connectivity index is 1.75. The first-order valence-electron chi connectivity index (χ1n) is 15.9. The molecule has 50 heavy (non-hydrogen) atoms. The molecule has 1 aliphatic heterocycles. The second kappa shape index (κ2) is 16.0. The number of ether oxygens (including phenoxy) is 2. The van der Waals surface area contributed by atoms with Gasteiger partial charge in [-0.1, -0.05) is 0 Å². The number of β-lactam (4-membered cyclic amide) rings is 1. The third-order valence-electron chi connectivity index (χ3n) is 7.06. The van der Waals surface area contributed by atoms with Crippen molar-refractivity contribution in [2.24, 2.45) is 5.11 Å². The van der Waals surface area contributed by atoms with Gasteiger partial charge in [0.15, 0.2) is 0 Å². The topological polar surface area (TPSA) is 163 Å². The molecule has 260 valence electrons. The molecule has 0 spiro atoms. The summed E-state index contributed by atoms with van der Waals surface area (Å²) >= 11 is -0.819. The molecule has 0 aliphatic carbocycles. The molecule has 4 atom stereocenters. The Morgan fingerprint density at radius 3 is 2.02 bits per heavy atom. The van der Waals surface area contributed by atoms with Gasteiger partial charge in [-0.15, -0.1) is 0 Å². The van der Waals surface area contributed by atoms with Gasteiger partial charge < -0.3 is 0 Å². The Kier molecular flexibility index (Phi) is 12.0. The number of rotatable bonds is 10. The van der Waals surface area contributed by atoms with E-state index in [-0.39, 0.29) is 6.42 Å². The summed E-state index contributed by atoms with van der Waals surface area (Å²) in [6.07, 6.45) is -2.32. The third kappa shape index (κ3) is 9.67. The van der Waals surface area contributed by atoms with E-state index in [2.05, 4.69) is 32.5 Å². The summed E-state index contributed by atoms with van der Waals surface area (Å²) in [6.45, 7) is 10.2. The number of hydrogen-bond acceptors (Lipinski definition) is 7. The van der Waals surface area contributed by atoms with Crippen molar-refractivity contribution < 1.29 is 28.7 Å². The number of alkyl carbamates (subject to hydrolysis) is 1. The summed E-state index contributed by atoms with van der Waals surface area (Å²) < 4.78 is 10.4. The molecule has 1 fully saturated rings. The molecule has 0 aromatic heterocycles. The molecule has 2 N–H and O–H groups in total. The molecule has 3 amide bonds. The van der Waals surface area contributed by atoms with Gasteiger partial charge in [-0.2, -0.15) is 0 Å². The van der Waals surface area contributed by atoms with Crippen LogP contribution in [0.25, 0.3) is 10.4 Å². The molecule has 3 aromatic carbocycles. The van der Waals surface area contributed by atoms with E-state index in [9.17, 15) is 24.7 Å². The Bertz CT molecular complexity index is 1790. The fourth-order valence-electron chi connectivity index (χ4n) is 4.99. The summed E-state index contributed by atoms with van der Waals surface area (Å²) in [5.41, 5.74) is 9.02. The molecule has 1 heterocycles. The van der Waals surface area contributed by atoms with Gasteiger partial charge in [0.2, 0.25) is 0 Å². The number of hydrogen-bond donors (Lipinski definition) is 2. The number of nitrogens with one attached hydrogen (secondary N) is 2. The number of carbonyl (C=O) groups is 4. The quantitative estimate of drug-likeness (QED) is 0.0581. The van der Waals surface area contributed by atoms with E-state index in [1.165, 1.54) is 4.90 Å². The van der Waals surface area contributed by atoms with Crippen molar-refractivity contribution in [3.8, 4) is 11.8 Å². The zero-order valence-corrected chi connectivity index (χ0v) is 30.5. The third-order valence-corrected chi connectivity index (χ3v) is 9.90. The van der Waals surface area contributed by atoms with Crippen LogP contribution >= 0.6 is 0 Å². The van der Waals surface area contributed by atoms with Crippen LogP contribution in [0.15, 0.2) is 96.1 Å². The number of azide groups is 1.